The molecule has 15 bridgehead atoms. The predicted octanol–water partition coefficient (Wildman–Crippen LogP) is 15.3. The molecule has 6 aliphatic heterocycles. The zero-order valence-corrected chi connectivity index (χ0v) is 52.9. The average molecular weight is 1170 g/mol. The molecule has 11 aliphatic carbocycles. The van der Waals surface area contributed by atoms with Gasteiger partial charge >= 0.3 is 5.97 Å². The first-order valence-electron chi connectivity index (χ1n) is 35.4. The highest BCUT2D eigenvalue weighted by atomic mass is 16.4. The van der Waals surface area contributed by atoms with Gasteiger partial charge in [-0.1, -0.05) is 164 Å². The minimum atomic E-state index is -0.686. The monoisotopic (exact) mass is 1160 g/mol. The number of allylic oxidation sites excluding steroid dienone is 9. The van der Waals surface area contributed by atoms with Gasteiger partial charge in [0.05, 0.1) is 23.9 Å². The first-order chi connectivity index (χ1) is 42.2. The molecule has 87 heavy (non-hydrogen) atoms. The van der Waals surface area contributed by atoms with Crippen molar-refractivity contribution >= 4 is 23.2 Å². The Balaban J connectivity index is 0.889. The molecule has 20 rings (SSSR count). The lowest BCUT2D eigenvalue weighted by atomic mass is 9.29. The number of carboxylic acids is 1. The molecule has 4 spiro atoms. The second-order valence-corrected chi connectivity index (χ2v) is 32.2. The summed E-state index contributed by atoms with van der Waals surface area (Å²) in [6, 6.07) is 26.0. The molecule has 6 saturated carbocycles. The second-order valence-electron chi connectivity index (χ2n) is 32.2. The van der Waals surface area contributed by atoms with Crippen molar-refractivity contribution in [1.29, 1.82) is 0 Å². The molecule has 0 saturated heterocycles. The SMILES string of the molecule is C=C1CCC(C(=O)O)C2C(O)C3CCCC24CCC2=C(CC56C=CCC7(C)C(O)CCC2(C2C=c8ccccc8=C(Cc8cccc(c8)C8=CC=C(NCCCC1C1CCCCC1)NC8)C2=C5)C67)C34C1CCC2(CCC(Cc3cc(C)cc(C)c3)C2)C1. The van der Waals surface area contributed by atoms with Crippen molar-refractivity contribution in [2.75, 3.05) is 13.1 Å². The molecule has 6 nitrogen and oxygen atoms in total. The summed E-state index contributed by atoms with van der Waals surface area (Å²) in [4.78, 5) is 14.8. The van der Waals surface area contributed by atoms with Crippen molar-refractivity contribution in [2.45, 2.75) is 200 Å². The Hall–Kier alpha value is -5.17. The molecule has 0 aromatic heterocycles. The fourth-order valence-electron chi connectivity index (χ4n) is 25.5. The number of aliphatic hydroxyl groups is 2. The Morgan fingerprint density at radius 3 is 2.45 bits per heavy atom. The lowest BCUT2D eigenvalue weighted by Gasteiger charge is -2.74. The maximum Gasteiger partial charge on any atom is 0.306 e. The van der Waals surface area contributed by atoms with Crippen LogP contribution in [0.4, 0.5) is 0 Å². The van der Waals surface area contributed by atoms with E-state index in [0.717, 1.165) is 109 Å². The number of benzene rings is 3. The molecule has 0 amide bonds. The lowest BCUT2D eigenvalue weighted by Crippen LogP contribution is -2.68. The Morgan fingerprint density at radius 1 is 0.782 bits per heavy atom. The molecule has 6 fully saturated rings. The van der Waals surface area contributed by atoms with Crippen molar-refractivity contribution in [3.8, 4) is 0 Å². The van der Waals surface area contributed by atoms with Crippen LogP contribution in [-0.2, 0) is 17.6 Å². The summed E-state index contributed by atoms with van der Waals surface area (Å²) in [6.45, 7) is 13.6. The van der Waals surface area contributed by atoms with Crippen LogP contribution in [0.1, 0.15) is 189 Å². The van der Waals surface area contributed by atoms with Crippen molar-refractivity contribution in [1.82, 2.24) is 10.6 Å². The number of aliphatic carboxylic acids is 1. The largest absolute Gasteiger partial charge is 0.481 e. The molecule has 0 radical (unpaired) electrons. The summed E-state index contributed by atoms with van der Waals surface area (Å²) in [6.07, 6.45) is 42.0. The van der Waals surface area contributed by atoms with Gasteiger partial charge in [0.15, 0.2) is 0 Å². The second kappa shape index (κ2) is 21.2. The molecular weight excluding hydrogens is 1060 g/mol. The Morgan fingerprint density at radius 2 is 1.62 bits per heavy atom. The third kappa shape index (κ3) is 8.59. The molecule has 5 N–H and O–H groups in total. The van der Waals surface area contributed by atoms with E-state index in [9.17, 15) is 20.1 Å². The first kappa shape index (κ1) is 57.0. The molecule has 17 aliphatic rings. The van der Waals surface area contributed by atoms with E-state index in [2.05, 4.69) is 135 Å². The minimum Gasteiger partial charge on any atom is -0.481 e. The quantitative estimate of drug-likeness (QED) is 0.163. The maximum atomic E-state index is 14.8. The van der Waals surface area contributed by atoms with Crippen molar-refractivity contribution in [2.24, 2.45) is 85.8 Å². The van der Waals surface area contributed by atoms with Gasteiger partial charge in [-0.05, 0) is 251 Å². The Labute approximate surface area is 520 Å². The van der Waals surface area contributed by atoms with Gasteiger partial charge in [-0.3, -0.25) is 4.79 Å². The molecule has 3 aromatic rings. The van der Waals surface area contributed by atoms with Gasteiger partial charge in [-0.2, -0.15) is 0 Å². The van der Waals surface area contributed by atoms with E-state index >= 15 is 0 Å². The van der Waals surface area contributed by atoms with Crippen LogP contribution < -0.4 is 21.1 Å². The van der Waals surface area contributed by atoms with Crippen molar-refractivity contribution in [3.63, 3.8) is 0 Å². The number of hydrogen-bond acceptors (Lipinski definition) is 5. The molecule has 6 heteroatoms. The smallest absolute Gasteiger partial charge is 0.306 e. The van der Waals surface area contributed by atoms with Crippen LogP contribution in [0.2, 0.25) is 0 Å². The van der Waals surface area contributed by atoms with E-state index in [-0.39, 0.29) is 56.2 Å². The van der Waals surface area contributed by atoms with Crippen LogP contribution in [-0.4, -0.2) is 46.6 Å². The van der Waals surface area contributed by atoms with Crippen molar-refractivity contribution in [3.05, 3.63) is 170 Å². The topological polar surface area (TPSA) is 102 Å². The molecular formula is C81H100N2O4. The highest BCUT2D eigenvalue weighted by Crippen LogP contribution is 2.85. The zero-order chi connectivity index (χ0) is 59.2. The van der Waals surface area contributed by atoms with Crippen LogP contribution in [0.5, 0.6) is 0 Å². The lowest BCUT2D eigenvalue weighted by molar-refractivity contribution is -0.170. The van der Waals surface area contributed by atoms with Crippen LogP contribution in [0, 0.1) is 99.6 Å². The van der Waals surface area contributed by atoms with Crippen LogP contribution in [0.3, 0.4) is 0 Å². The molecule has 6 heterocycles. The number of carbonyl (C=O) groups is 1. The first-order valence-corrected chi connectivity index (χ1v) is 35.4. The third-order valence-electron chi connectivity index (χ3n) is 28.1. The standard InChI is InChI=1S/C81H100N2O4/c1-50-38-51(2)40-55(39-50)41-54-26-33-77(45-54)34-27-60(46-77)81-67-21-11-32-79(81)35-28-66-69(81)48-78-31-13-30-76(4)70(84)29-36-80(66,75(76)78)68-44-58-17-8-9-19-62(58)64(65(68)47-78)43-53-14-10-18-57(42-53)59-23-25-71(83-49-59)82-37-12-20-61(56-15-6-5-7-16-56)52(3)22-24-63(74(86)87)72(79)73(67)85/h8-10,13-14,17-19,23,25,31,38-40,42,44,47,54,56,60-61,63,67-68,70,72-73,75,82-85H,3,5-7,11-12,15-16,20-22,24,26-30,32-37,41,43,45-46,48-49H2,1-2,4H3,(H,86,87). The third-order valence-corrected chi connectivity index (χ3v) is 28.1. The Bertz CT molecular complexity index is 3590. The van der Waals surface area contributed by atoms with Gasteiger partial charge < -0.3 is 26.0 Å². The summed E-state index contributed by atoms with van der Waals surface area (Å²) in [7, 11) is 0. The van der Waals surface area contributed by atoms with Gasteiger partial charge in [-0.25, -0.2) is 0 Å². The van der Waals surface area contributed by atoms with E-state index in [0.29, 0.717) is 30.1 Å². The Kier molecular flexibility index (Phi) is 13.9. The average Bonchev–Trinajstić information content (AvgIpc) is 1.63. The molecule has 16 unspecified atom stereocenters. The maximum absolute atomic E-state index is 14.8. The van der Waals surface area contributed by atoms with Crippen LogP contribution >= 0.6 is 0 Å². The summed E-state index contributed by atoms with van der Waals surface area (Å²) < 4.78 is 0. The highest BCUT2D eigenvalue weighted by molar-refractivity contribution is 5.78. The predicted molar refractivity (Wildman–Crippen MR) is 351 cm³/mol. The van der Waals surface area contributed by atoms with Crippen LogP contribution in [0.15, 0.2) is 132 Å². The zero-order valence-electron chi connectivity index (χ0n) is 52.9. The number of hydrogen-bond donors (Lipinski definition) is 5. The van der Waals surface area contributed by atoms with E-state index < -0.39 is 24.1 Å². The number of aliphatic hydroxyl groups excluding tert-OH is 2. The number of fused-ring (bicyclic) bond motifs is 1. The number of rotatable bonds is 5. The minimum absolute atomic E-state index is 0.0199. The van der Waals surface area contributed by atoms with Gasteiger partial charge in [0.1, 0.15) is 0 Å². The summed E-state index contributed by atoms with van der Waals surface area (Å²) in [5, 5.41) is 49.3. The summed E-state index contributed by atoms with van der Waals surface area (Å²) in [5.41, 5.74) is 14.6. The van der Waals surface area contributed by atoms with E-state index in [1.807, 2.05) is 0 Å². The number of carboxylic acid groups (broad SMARTS) is 1. The fourth-order valence-corrected chi connectivity index (χ4v) is 25.5. The van der Waals surface area contributed by atoms with Gasteiger partial charge in [-0.15, -0.1) is 0 Å². The van der Waals surface area contributed by atoms with Crippen LogP contribution in [0.25, 0.3) is 17.2 Å². The van der Waals surface area contributed by atoms with E-state index in [4.69, 9.17) is 6.58 Å². The van der Waals surface area contributed by atoms with Gasteiger partial charge in [0.25, 0.3) is 0 Å². The number of dihydropyridines is 1. The molecule has 458 valence electrons. The fraction of sp³-hybridized carbons (Fsp3) is 0.593. The highest BCUT2D eigenvalue weighted by Gasteiger charge is 2.80. The number of aryl methyl sites for hydroxylation is 2. The molecule has 3 aromatic carbocycles. The van der Waals surface area contributed by atoms with Gasteiger partial charge in [0, 0.05) is 46.6 Å². The van der Waals surface area contributed by atoms with E-state index in [1.54, 1.807) is 11.1 Å². The number of nitrogens with one attached hydrogen (secondary N) is 2. The summed E-state index contributed by atoms with van der Waals surface area (Å²) in [5.74, 6) is 1.83. The van der Waals surface area contributed by atoms with Gasteiger partial charge in [0.2, 0.25) is 0 Å². The van der Waals surface area contributed by atoms with E-state index in [1.165, 1.54) is 131 Å². The summed E-state index contributed by atoms with van der Waals surface area (Å²) >= 11 is 0. The molecule has 16 atom stereocenters. The van der Waals surface area contributed by atoms with Crippen molar-refractivity contribution < 1.29 is 20.1 Å². The normalized spacial score (nSPS) is 41.1.